The highest BCUT2D eigenvalue weighted by molar-refractivity contribution is 7.10. The first kappa shape index (κ1) is 12.3. The monoisotopic (exact) mass is 251 g/mol. The summed E-state index contributed by atoms with van der Waals surface area (Å²) >= 11 is 1.79. The van der Waals surface area contributed by atoms with E-state index in [-0.39, 0.29) is 0 Å². The average molecular weight is 251 g/mol. The number of thiophene rings is 1. The molecule has 0 bridgehead atoms. The summed E-state index contributed by atoms with van der Waals surface area (Å²) < 4.78 is 5.18. The molecule has 0 aromatic carbocycles. The van der Waals surface area contributed by atoms with E-state index in [0.717, 1.165) is 18.8 Å². The smallest absolute Gasteiger partial charge is 0.240 e. The lowest BCUT2D eigenvalue weighted by Gasteiger charge is -2.13. The van der Waals surface area contributed by atoms with Crippen molar-refractivity contribution < 1.29 is 4.52 Å². The Kier molecular flexibility index (Phi) is 3.91. The molecule has 92 valence electrons. The van der Waals surface area contributed by atoms with Gasteiger partial charge in [0.15, 0.2) is 5.82 Å². The fourth-order valence-corrected chi connectivity index (χ4v) is 2.58. The quantitative estimate of drug-likeness (QED) is 0.819. The van der Waals surface area contributed by atoms with E-state index >= 15 is 0 Å². The van der Waals surface area contributed by atoms with Gasteiger partial charge >= 0.3 is 0 Å². The maximum absolute atomic E-state index is 5.18. The van der Waals surface area contributed by atoms with E-state index in [4.69, 9.17) is 4.52 Å². The highest BCUT2D eigenvalue weighted by Crippen LogP contribution is 2.17. The van der Waals surface area contributed by atoms with Gasteiger partial charge in [-0.1, -0.05) is 12.1 Å². The van der Waals surface area contributed by atoms with Gasteiger partial charge in [-0.15, -0.1) is 11.3 Å². The van der Waals surface area contributed by atoms with Crippen LogP contribution in [0.1, 0.15) is 29.1 Å². The van der Waals surface area contributed by atoms with Crippen molar-refractivity contribution in [3.05, 3.63) is 33.6 Å². The van der Waals surface area contributed by atoms with Gasteiger partial charge in [0.1, 0.15) is 0 Å². The molecule has 0 radical (unpaired) electrons. The van der Waals surface area contributed by atoms with E-state index in [1.54, 1.807) is 11.3 Å². The Morgan fingerprint density at radius 3 is 2.82 bits per heavy atom. The number of rotatable bonds is 5. The third kappa shape index (κ3) is 3.14. The molecule has 0 N–H and O–H groups in total. The van der Waals surface area contributed by atoms with Crippen LogP contribution >= 0.6 is 11.3 Å². The van der Waals surface area contributed by atoms with Gasteiger partial charge in [0.25, 0.3) is 0 Å². The predicted molar refractivity (Wildman–Crippen MR) is 67.9 cm³/mol. The molecule has 0 aliphatic rings. The molecule has 2 rings (SSSR count). The first-order valence-electron chi connectivity index (χ1n) is 5.72. The maximum atomic E-state index is 5.18. The van der Waals surface area contributed by atoms with Crippen LogP contribution in [-0.4, -0.2) is 22.1 Å². The Labute approximate surface area is 105 Å². The minimum atomic E-state index is 0.693. The molecule has 0 spiro atoms. The summed E-state index contributed by atoms with van der Waals surface area (Å²) in [4.78, 5) is 7.88. The second-order valence-electron chi connectivity index (χ2n) is 4.16. The summed E-state index contributed by atoms with van der Waals surface area (Å²) in [6, 6.07) is 2.15. The molecular weight excluding hydrogens is 234 g/mol. The van der Waals surface area contributed by atoms with E-state index in [9.17, 15) is 0 Å². The van der Waals surface area contributed by atoms with Crippen LogP contribution in [0.3, 0.4) is 0 Å². The van der Waals surface area contributed by atoms with E-state index in [1.165, 1.54) is 10.4 Å². The molecule has 0 atom stereocenters. The van der Waals surface area contributed by atoms with Gasteiger partial charge < -0.3 is 4.52 Å². The third-order valence-electron chi connectivity index (χ3n) is 2.61. The summed E-state index contributed by atoms with van der Waals surface area (Å²) in [5.41, 5.74) is 1.35. The van der Waals surface area contributed by atoms with Crippen molar-refractivity contribution in [1.29, 1.82) is 0 Å². The number of aromatic nitrogens is 2. The molecule has 0 fully saturated rings. The summed E-state index contributed by atoms with van der Waals surface area (Å²) in [6.07, 6.45) is 0.817. The summed E-state index contributed by atoms with van der Waals surface area (Å²) in [5, 5.41) is 6.02. The second kappa shape index (κ2) is 5.42. The molecule has 4 nitrogen and oxygen atoms in total. The number of hydrogen-bond donors (Lipinski definition) is 0. The third-order valence-corrected chi connectivity index (χ3v) is 3.62. The van der Waals surface area contributed by atoms with Crippen LogP contribution < -0.4 is 0 Å². The molecule has 2 aromatic heterocycles. The topological polar surface area (TPSA) is 42.2 Å². The summed E-state index contributed by atoms with van der Waals surface area (Å²) in [6.45, 7) is 5.78. The average Bonchev–Trinajstić information content (AvgIpc) is 2.89. The van der Waals surface area contributed by atoms with Crippen LogP contribution in [0, 0.1) is 6.92 Å². The molecule has 17 heavy (non-hydrogen) atoms. The minimum Gasteiger partial charge on any atom is -0.338 e. The van der Waals surface area contributed by atoms with Crippen LogP contribution in [0.15, 0.2) is 16.0 Å². The fraction of sp³-hybridized carbons (Fsp3) is 0.500. The first-order chi connectivity index (χ1) is 8.19. The zero-order chi connectivity index (χ0) is 12.3. The van der Waals surface area contributed by atoms with Crippen molar-refractivity contribution in [2.75, 3.05) is 7.05 Å². The highest BCUT2D eigenvalue weighted by atomic mass is 32.1. The van der Waals surface area contributed by atoms with Gasteiger partial charge in [-0.2, -0.15) is 4.98 Å². The first-order valence-corrected chi connectivity index (χ1v) is 6.60. The molecule has 0 amide bonds. The van der Waals surface area contributed by atoms with Crippen LogP contribution in [0.5, 0.6) is 0 Å². The van der Waals surface area contributed by atoms with Crippen LogP contribution in [0.25, 0.3) is 0 Å². The molecule has 5 heteroatoms. The molecule has 2 heterocycles. The van der Waals surface area contributed by atoms with Crippen molar-refractivity contribution in [3.8, 4) is 0 Å². The fourth-order valence-electron chi connectivity index (χ4n) is 1.60. The van der Waals surface area contributed by atoms with Crippen molar-refractivity contribution >= 4 is 11.3 Å². The SMILES string of the molecule is CCc1noc(CN(C)Cc2sccc2C)n1. The van der Waals surface area contributed by atoms with Crippen LogP contribution in [0.4, 0.5) is 0 Å². The molecule has 0 saturated heterocycles. The van der Waals surface area contributed by atoms with Gasteiger partial charge in [-0.3, -0.25) is 4.90 Å². The Morgan fingerprint density at radius 1 is 1.41 bits per heavy atom. The summed E-state index contributed by atoms with van der Waals surface area (Å²) in [5.74, 6) is 1.47. The lowest BCUT2D eigenvalue weighted by atomic mass is 10.3. The van der Waals surface area contributed by atoms with Crippen molar-refractivity contribution in [1.82, 2.24) is 15.0 Å². The molecule has 0 aliphatic heterocycles. The molecular formula is C12H17N3OS. The second-order valence-corrected chi connectivity index (χ2v) is 5.16. The van der Waals surface area contributed by atoms with E-state index in [1.807, 2.05) is 6.92 Å². The van der Waals surface area contributed by atoms with Crippen molar-refractivity contribution in [2.24, 2.45) is 0 Å². The largest absolute Gasteiger partial charge is 0.338 e. The van der Waals surface area contributed by atoms with Gasteiger partial charge in [-0.05, 0) is 31.0 Å². The number of hydrogen-bond acceptors (Lipinski definition) is 5. The Morgan fingerprint density at radius 2 is 2.24 bits per heavy atom. The Balaban J connectivity index is 1.93. The summed E-state index contributed by atoms with van der Waals surface area (Å²) in [7, 11) is 2.06. The zero-order valence-electron chi connectivity index (χ0n) is 10.4. The van der Waals surface area contributed by atoms with Crippen LogP contribution in [-0.2, 0) is 19.5 Å². The number of nitrogens with zero attached hydrogens (tertiary/aromatic N) is 3. The lowest BCUT2D eigenvalue weighted by molar-refractivity contribution is 0.261. The van der Waals surface area contributed by atoms with E-state index in [0.29, 0.717) is 12.4 Å². The molecule has 2 aromatic rings. The highest BCUT2D eigenvalue weighted by Gasteiger charge is 2.10. The van der Waals surface area contributed by atoms with Crippen molar-refractivity contribution in [3.63, 3.8) is 0 Å². The standard InChI is InChI=1S/C12H17N3OS/c1-4-11-13-12(16-14-11)8-15(3)7-10-9(2)5-6-17-10/h5-6H,4,7-8H2,1-3H3. The van der Waals surface area contributed by atoms with Crippen LogP contribution in [0.2, 0.25) is 0 Å². The van der Waals surface area contributed by atoms with Gasteiger partial charge in [0.2, 0.25) is 5.89 Å². The van der Waals surface area contributed by atoms with Gasteiger partial charge in [-0.25, -0.2) is 0 Å². The van der Waals surface area contributed by atoms with Gasteiger partial charge in [0.05, 0.1) is 6.54 Å². The van der Waals surface area contributed by atoms with E-state index < -0.39 is 0 Å². The van der Waals surface area contributed by atoms with E-state index in [2.05, 4.69) is 40.5 Å². The maximum Gasteiger partial charge on any atom is 0.240 e. The predicted octanol–water partition coefficient (Wildman–Crippen LogP) is 2.63. The van der Waals surface area contributed by atoms with Crippen molar-refractivity contribution in [2.45, 2.75) is 33.4 Å². The lowest BCUT2D eigenvalue weighted by Crippen LogP contribution is -2.17. The number of aryl methyl sites for hydroxylation is 2. The zero-order valence-corrected chi connectivity index (χ0v) is 11.3. The normalized spacial score (nSPS) is 11.3. The Bertz CT molecular complexity index is 478. The Hall–Kier alpha value is -1.20. The van der Waals surface area contributed by atoms with Gasteiger partial charge in [0, 0.05) is 17.8 Å². The molecule has 0 saturated carbocycles. The molecule has 0 unspecified atom stereocenters. The molecule has 0 aliphatic carbocycles. The minimum absolute atomic E-state index is 0.693.